The largest absolute Gasteiger partial charge is 0.326 e. The van der Waals surface area contributed by atoms with E-state index in [1.54, 1.807) is 0 Å². The normalized spacial score (nSPS) is 10.6. The molecule has 0 saturated carbocycles. The highest BCUT2D eigenvalue weighted by Crippen LogP contribution is 2.21. The zero-order chi connectivity index (χ0) is 19.2. The van der Waals surface area contributed by atoms with Crippen molar-refractivity contribution in [3.8, 4) is 0 Å². The number of amides is 1. The Morgan fingerprint density at radius 3 is 2.78 bits per heavy atom. The molecule has 0 aliphatic heterocycles. The SMILES string of the molecule is Cc1ccccc1NC(=O)Cc1cc(=O)[nH]c(SCc2cccc(Cl)c2)n1. The summed E-state index contributed by atoms with van der Waals surface area (Å²) in [4.78, 5) is 31.3. The molecule has 3 aromatic rings. The Morgan fingerprint density at radius 1 is 1.19 bits per heavy atom. The van der Waals surface area contributed by atoms with Crippen LogP contribution in [0.3, 0.4) is 0 Å². The Labute approximate surface area is 166 Å². The fraction of sp³-hybridized carbons (Fsp3) is 0.150. The molecule has 7 heteroatoms. The number of aromatic nitrogens is 2. The number of benzene rings is 2. The quantitative estimate of drug-likeness (QED) is 0.481. The molecule has 0 fully saturated rings. The highest BCUT2D eigenvalue weighted by Gasteiger charge is 2.09. The number of carbonyl (C=O) groups is 1. The Morgan fingerprint density at radius 2 is 2.00 bits per heavy atom. The second kappa shape index (κ2) is 8.88. The van der Waals surface area contributed by atoms with Gasteiger partial charge in [0.05, 0.1) is 12.1 Å². The number of hydrogen-bond donors (Lipinski definition) is 2. The number of anilines is 1. The molecular weight excluding hydrogens is 382 g/mol. The van der Waals surface area contributed by atoms with Crippen LogP contribution in [0.4, 0.5) is 5.69 Å². The Bertz CT molecular complexity index is 1020. The van der Waals surface area contributed by atoms with Gasteiger partial charge in [0.2, 0.25) is 5.91 Å². The lowest BCUT2D eigenvalue weighted by Crippen LogP contribution is -2.18. The summed E-state index contributed by atoms with van der Waals surface area (Å²) >= 11 is 7.37. The number of aryl methyl sites for hydroxylation is 1. The fourth-order valence-corrected chi connectivity index (χ4v) is 3.54. The third-order valence-corrected chi connectivity index (χ3v) is 4.98. The third kappa shape index (κ3) is 5.70. The predicted octanol–water partition coefficient (Wildman–Crippen LogP) is 4.21. The molecule has 5 nitrogen and oxygen atoms in total. The second-order valence-electron chi connectivity index (χ2n) is 6.00. The first-order valence-electron chi connectivity index (χ1n) is 8.32. The van der Waals surface area contributed by atoms with Crippen molar-refractivity contribution < 1.29 is 4.79 Å². The zero-order valence-corrected chi connectivity index (χ0v) is 16.2. The number of nitrogens with one attached hydrogen (secondary N) is 2. The molecular formula is C20H18ClN3O2S. The maximum Gasteiger partial charge on any atom is 0.251 e. The van der Waals surface area contributed by atoms with Gasteiger partial charge < -0.3 is 10.3 Å². The van der Waals surface area contributed by atoms with Gasteiger partial charge in [0.1, 0.15) is 0 Å². The van der Waals surface area contributed by atoms with Crippen LogP contribution in [0.1, 0.15) is 16.8 Å². The molecule has 0 atom stereocenters. The van der Waals surface area contributed by atoms with Crippen LogP contribution in [-0.4, -0.2) is 15.9 Å². The van der Waals surface area contributed by atoms with Gasteiger partial charge in [0.25, 0.3) is 5.56 Å². The van der Waals surface area contributed by atoms with Crippen LogP contribution in [-0.2, 0) is 17.0 Å². The smallest absolute Gasteiger partial charge is 0.251 e. The lowest BCUT2D eigenvalue weighted by atomic mass is 10.2. The first-order chi connectivity index (χ1) is 13.0. The maximum absolute atomic E-state index is 12.3. The van der Waals surface area contributed by atoms with Crippen molar-refractivity contribution in [3.63, 3.8) is 0 Å². The van der Waals surface area contributed by atoms with E-state index >= 15 is 0 Å². The van der Waals surface area contributed by atoms with Crippen LogP contribution in [0.5, 0.6) is 0 Å². The molecule has 1 aromatic heterocycles. The summed E-state index contributed by atoms with van der Waals surface area (Å²) < 4.78 is 0. The van der Waals surface area contributed by atoms with E-state index in [9.17, 15) is 9.59 Å². The highest BCUT2D eigenvalue weighted by molar-refractivity contribution is 7.98. The molecule has 0 bridgehead atoms. The van der Waals surface area contributed by atoms with E-state index in [4.69, 9.17) is 11.6 Å². The van der Waals surface area contributed by atoms with Crippen LogP contribution >= 0.6 is 23.4 Å². The molecule has 0 radical (unpaired) electrons. The van der Waals surface area contributed by atoms with Gasteiger partial charge in [-0.15, -0.1) is 0 Å². The number of halogens is 1. The highest BCUT2D eigenvalue weighted by atomic mass is 35.5. The number of nitrogens with zero attached hydrogens (tertiary/aromatic N) is 1. The number of hydrogen-bond acceptors (Lipinski definition) is 4. The molecule has 0 unspecified atom stereocenters. The minimum absolute atomic E-state index is 0.0307. The summed E-state index contributed by atoms with van der Waals surface area (Å²) in [5.41, 5.74) is 2.90. The molecule has 2 aromatic carbocycles. The molecule has 138 valence electrons. The van der Waals surface area contributed by atoms with E-state index in [1.165, 1.54) is 17.8 Å². The van der Waals surface area contributed by atoms with Crippen LogP contribution in [0, 0.1) is 6.92 Å². The third-order valence-electron chi connectivity index (χ3n) is 3.80. The molecule has 0 aliphatic carbocycles. The van der Waals surface area contributed by atoms with Crippen LogP contribution in [0.25, 0.3) is 0 Å². The molecule has 0 aliphatic rings. The van der Waals surface area contributed by atoms with Crippen molar-refractivity contribution in [1.29, 1.82) is 0 Å². The monoisotopic (exact) mass is 399 g/mol. The second-order valence-corrected chi connectivity index (χ2v) is 7.40. The predicted molar refractivity (Wildman–Crippen MR) is 109 cm³/mol. The molecule has 1 amide bonds. The topological polar surface area (TPSA) is 74.8 Å². The number of carbonyl (C=O) groups excluding carboxylic acids is 1. The van der Waals surface area contributed by atoms with Gasteiger partial charge in [-0.05, 0) is 36.2 Å². The molecule has 3 rings (SSSR count). The fourth-order valence-electron chi connectivity index (χ4n) is 2.49. The summed E-state index contributed by atoms with van der Waals surface area (Å²) in [5.74, 6) is 0.399. The lowest BCUT2D eigenvalue weighted by Gasteiger charge is -2.08. The van der Waals surface area contributed by atoms with Crippen molar-refractivity contribution in [2.75, 3.05) is 5.32 Å². The first kappa shape index (κ1) is 19.2. The van der Waals surface area contributed by atoms with E-state index in [-0.39, 0.29) is 17.9 Å². The van der Waals surface area contributed by atoms with E-state index < -0.39 is 0 Å². The van der Waals surface area contributed by atoms with Gasteiger partial charge in [0.15, 0.2) is 5.16 Å². The van der Waals surface area contributed by atoms with Gasteiger partial charge in [-0.2, -0.15) is 0 Å². The Hall–Kier alpha value is -2.57. The van der Waals surface area contributed by atoms with Gasteiger partial charge in [0, 0.05) is 22.5 Å². The first-order valence-corrected chi connectivity index (χ1v) is 9.69. The van der Waals surface area contributed by atoms with Crippen molar-refractivity contribution in [1.82, 2.24) is 9.97 Å². The summed E-state index contributed by atoms with van der Waals surface area (Å²) in [6, 6.07) is 16.4. The number of aromatic amines is 1. The average Bonchev–Trinajstić information content (AvgIpc) is 2.61. The minimum Gasteiger partial charge on any atom is -0.326 e. The molecule has 0 spiro atoms. The van der Waals surface area contributed by atoms with Gasteiger partial charge in [-0.1, -0.05) is 53.7 Å². The minimum atomic E-state index is -0.280. The van der Waals surface area contributed by atoms with Gasteiger partial charge in [-0.25, -0.2) is 4.98 Å². The average molecular weight is 400 g/mol. The summed E-state index contributed by atoms with van der Waals surface area (Å²) in [6.07, 6.45) is 0.0307. The van der Waals surface area contributed by atoms with Gasteiger partial charge in [-0.3, -0.25) is 9.59 Å². The van der Waals surface area contributed by atoms with Gasteiger partial charge >= 0.3 is 0 Å². The Balaban J connectivity index is 1.67. The van der Waals surface area contributed by atoms with E-state index in [2.05, 4.69) is 15.3 Å². The van der Waals surface area contributed by atoms with Crippen molar-refractivity contribution in [3.05, 3.63) is 86.8 Å². The molecule has 27 heavy (non-hydrogen) atoms. The van der Waals surface area contributed by atoms with Crippen LogP contribution in [0.2, 0.25) is 5.02 Å². The lowest BCUT2D eigenvalue weighted by molar-refractivity contribution is -0.115. The maximum atomic E-state index is 12.3. The number of thioether (sulfide) groups is 1. The number of H-pyrrole nitrogens is 1. The van der Waals surface area contributed by atoms with E-state index in [0.717, 1.165) is 16.8 Å². The van der Waals surface area contributed by atoms with Crippen molar-refractivity contribution >= 4 is 35.0 Å². The molecule has 0 saturated heterocycles. The zero-order valence-electron chi connectivity index (χ0n) is 14.7. The number of para-hydroxylation sites is 1. The summed E-state index contributed by atoms with van der Waals surface area (Å²) in [5, 5.41) is 3.99. The van der Waals surface area contributed by atoms with Crippen molar-refractivity contribution in [2.24, 2.45) is 0 Å². The van der Waals surface area contributed by atoms with Crippen LogP contribution < -0.4 is 10.9 Å². The Kier molecular flexibility index (Phi) is 6.32. The molecule has 1 heterocycles. The van der Waals surface area contributed by atoms with Crippen molar-refractivity contribution in [2.45, 2.75) is 24.3 Å². The molecule has 2 N–H and O–H groups in total. The summed E-state index contributed by atoms with van der Waals surface area (Å²) in [6.45, 7) is 1.92. The summed E-state index contributed by atoms with van der Waals surface area (Å²) in [7, 11) is 0. The van der Waals surface area contributed by atoms with Crippen LogP contribution in [0.15, 0.2) is 64.5 Å². The van der Waals surface area contributed by atoms with E-state index in [0.29, 0.717) is 21.6 Å². The van der Waals surface area contributed by atoms with E-state index in [1.807, 2.05) is 55.5 Å². The number of rotatable bonds is 6. The standard InChI is InChI=1S/C20H18ClN3O2S/c1-13-5-2-3-8-17(13)23-18(25)10-16-11-19(26)24-20(22-16)27-12-14-6-4-7-15(21)9-14/h2-9,11H,10,12H2,1H3,(H,23,25)(H,22,24,26).